The summed E-state index contributed by atoms with van der Waals surface area (Å²) >= 11 is 0. The Balaban J connectivity index is 1.63. The fourth-order valence-electron chi connectivity index (χ4n) is 4.28. The van der Waals surface area contributed by atoms with E-state index in [9.17, 15) is 4.79 Å². The lowest BCUT2D eigenvalue weighted by Crippen LogP contribution is -2.26. The summed E-state index contributed by atoms with van der Waals surface area (Å²) in [6.07, 6.45) is 5.91. The molecule has 0 saturated heterocycles. The molecule has 3 heterocycles. The van der Waals surface area contributed by atoms with Gasteiger partial charge in [-0.1, -0.05) is 57.5 Å². The van der Waals surface area contributed by atoms with Gasteiger partial charge in [-0.15, -0.1) is 5.10 Å². The van der Waals surface area contributed by atoms with Gasteiger partial charge in [0.25, 0.3) is 0 Å². The lowest BCUT2D eigenvalue weighted by molar-refractivity contribution is 0.497. The Hall–Kier alpha value is -3.55. The molecule has 1 aromatic carbocycles. The summed E-state index contributed by atoms with van der Waals surface area (Å²) < 4.78 is 3.86. The summed E-state index contributed by atoms with van der Waals surface area (Å²) in [5, 5.41) is 14.3. The van der Waals surface area contributed by atoms with Crippen molar-refractivity contribution >= 4 is 0 Å². The maximum absolute atomic E-state index is 13.3. The van der Waals surface area contributed by atoms with Crippen LogP contribution in [0, 0.1) is 12.8 Å². The van der Waals surface area contributed by atoms with Gasteiger partial charge in [-0.05, 0) is 54.2 Å². The van der Waals surface area contributed by atoms with E-state index in [-0.39, 0.29) is 5.69 Å². The summed E-state index contributed by atoms with van der Waals surface area (Å²) in [6, 6.07) is 12.0. The zero-order chi connectivity index (χ0) is 24.1. The van der Waals surface area contributed by atoms with Crippen LogP contribution in [-0.2, 0) is 19.5 Å². The molecule has 3 aromatic heterocycles. The van der Waals surface area contributed by atoms with Crippen LogP contribution in [0.1, 0.15) is 57.1 Å². The van der Waals surface area contributed by atoms with Crippen LogP contribution in [0.25, 0.3) is 22.5 Å². The highest BCUT2D eigenvalue weighted by Gasteiger charge is 2.18. The van der Waals surface area contributed by atoms with Gasteiger partial charge >= 0.3 is 5.69 Å². The number of nitrogens with zero attached hydrogens (tertiary/aromatic N) is 6. The number of H-pyrrole nitrogens is 1. The molecule has 0 bridgehead atoms. The number of hydrogen-bond donors (Lipinski definition) is 1. The Bertz CT molecular complexity index is 1270. The molecule has 8 heteroatoms. The Morgan fingerprint density at radius 2 is 1.85 bits per heavy atom. The standard InChI is InChI=1S/C26H33N7O/c1-5-6-11-24-19(4)32(15-14-18(2)3)26(34)33(24)17-21-13-12-20(16-27-21)22-9-7-8-10-23(22)25-28-30-31-29-25/h7-10,12-13,16,18H,5-6,11,14-15,17H2,1-4H3,(H,28,29,30,31). The van der Waals surface area contributed by atoms with Gasteiger partial charge < -0.3 is 0 Å². The highest BCUT2D eigenvalue weighted by molar-refractivity contribution is 5.79. The number of benzene rings is 1. The highest BCUT2D eigenvalue weighted by Crippen LogP contribution is 2.29. The van der Waals surface area contributed by atoms with Crippen molar-refractivity contribution in [1.82, 2.24) is 34.7 Å². The molecular formula is C26H33N7O. The third-order valence-corrected chi connectivity index (χ3v) is 6.29. The Morgan fingerprint density at radius 3 is 2.50 bits per heavy atom. The van der Waals surface area contributed by atoms with Crippen molar-refractivity contribution in [3.8, 4) is 22.5 Å². The van der Waals surface area contributed by atoms with Gasteiger partial charge in [0.15, 0.2) is 5.82 Å². The van der Waals surface area contributed by atoms with E-state index < -0.39 is 0 Å². The number of unbranched alkanes of at least 4 members (excludes halogenated alkanes) is 1. The van der Waals surface area contributed by atoms with Crippen molar-refractivity contribution in [2.75, 3.05) is 0 Å². The van der Waals surface area contributed by atoms with Crippen molar-refractivity contribution in [3.63, 3.8) is 0 Å². The van der Waals surface area contributed by atoms with Gasteiger partial charge in [0.1, 0.15) is 0 Å². The molecule has 4 rings (SSSR count). The fourth-order valence-corrected chi connectivity index (χ4v) is 4.28. The molecule has 34 heavy (non-hydrogen) atoms. The van der Waals surface area contributed by atoms with E-state index in [0.717, 1.165) is 66.0 Å². The number of aromatic nitrogens is 7. The number of pyridine rings is 1. The minimum atomic E-state index is 0.0679. The summed E-state index contributed by atoms with van der Waals surface area (Å²) in [5.74, 6) is 1.17. The number of tetrazole rings is 1. The number of rotatable bonds is 10. The van der Waals surface area contributed by atoms with Gasteiger partial charge in [-0.3, -0.25) is 14.1 Å². The van der Waals surface area contributed by atoms with E-state index >= 15 is 0 Å². The maximum Gasteiger partial charge on any atom is 0.328 e. The highest BCUT2D eigenvalue weighted by atomic mass is 16.1. The number of aromatic amines is 1. The van der Waals surface area contributed by atoms with Crippen LogP contribution in [0.2, 0.25) is 0 Å². The van der Waals surface area contributed by atoms with Crippen molar-refractivity contribution < 1.29 is 0 Å². The van der Waals surface area contributed by atoms with E-state index in [1.165, 1.54) is 0 Å². The van der Waals surface area contributed by atoms with Crippen LogP contribution in [0.4, 0.5) is 0 Å². The third-order valence-electron chi connectivity index (χ3n) is 6.29. The van der Waals surface area contributed by atoms with E-state index in [4.69, 9.17) is 4.98 Å². The zero-order valence-electron chi connectivity index (χ0n) is 20.5. The first-order valence-corrected chi connectivity index (χ1v) is 12.1. The molecule has 0 aliphatic rings. The van der Waals surface area contributed by atoms with Crippen molar-refractivity contribution in [3.05, 3.63) is 70.2 Å². The predicted molar refractivity (Wildman–Crippen MR) is 133 cm³/mol. The average molecular weight is 460 g/mol. The molecule has 0 unspecified atom stereocenters. The molecule has 0 atom stereocenters. The Morgan fingerprint density at radius 1 is 1.06 bits per heavy atom. The van der Waals surface area contributed by atoms with Gasteiger partial charge in [0.05, 0.1) is 12.2 Å². The zero-order valence-corrected chi connectivity index (χ0v) is 20.5. The first-order valence-electron chi connectivity index (χ1n) is 12.1. The fraction of sp³-hybridized carbons (Fsp3) is 0.423. The number of nitrogens with one attached hydrogen (secondary N) is 1. The predicted octanol–water partition coefficient (Wildman–Crippen LogP) is 4.64. The molecule has 0 aliphatic heterocycles. The molecule has 0 spiro atoms. The minimum Gasteiger partial charge on any atom is -0.296 e. The Kier molecular flexibility index (Phi) is 7.35. The van der Waals surface area contributed by atoms with Crippen LogP contribution in [0.15, 0.2) is 47.4 Å². The summed E-state index contributed by atoms with van der Waals surface area (Å²) in [5.41, 5.74) is 6.03. The second-order valence-corrected chi connectivity index (χ2v) is 9.17. The molecular weight excluding hydrogens is 426 g/mol. The smallest absolute Gasteiger partial charge is 0.296 e. The van der Waals surface area contributed by atoms with Crippen molar-refractivity contribution in [1.29, 1.82) is 0 Å². The first-order chi connectivity index (χ1) is 16.5. The molecule has 8 nitrogen and oxygen atoms in total. The summed E-state index contributed by atoms with van der Waals surface area (Å²) in [4.78, 5) is 18.0. The molecule has 0 aliphatic carbocycles. The molecule has 0 saturated carbocycles. The van der Waals surface area contributed by atoms with Crippen LogP contribution < -0.4 is 5.69 Å². The minimum absolute atomic E-state index is 0.0679. The molecule has 0 fully saturated rings. The lowest BCUT2D eigenvalue weighted by atomic mass is 10.0. The summed E-state index contributed by atoms with van der Waals surface area (Å²) in [7, 11) is 0. The SMILES string of the molecule is CCCCc1c(C)n(CCC(C)C)c(=O)n1Cc1ccc(-c2ccccc2-c2nnn[nH]2)cn1. The molecule has 4 aromatic rings. The van der Waals surface area contributed by atoms with Crippen LogP contribution in [0.3, 0.4) is 0 Å². The van der Waals surface area contributed by atoms with Crippen molar-refractivity contribution in [2.24, 2.45) is 5.92 Å². The average Bonchev–Trinajstić information content (AvgIpc) is 3.45. The second kappa shape index (κ2) is 10.6. The van der Waals surface area contributed by atoms with E-state index in [2.05, 4.69) is 48.3 Å². The normalized spacial score (nSPS) is 11.4. The van der Waals surface area contributed by atoms with Gasteiger partial charge in [-0.25, -0.2) is 9.89 Å². The van der Waals surface area contributed by atoms with Gasteiger partial charge in [0.2, 0.25) is 0 Å². The molecule has 178 valence electrons. The Labute approximate surface area is 200 Å². The molecule has 0 radical (unpaired) electrons. The van der Waals surface area contributed by atoms with Crippen LogP contribution in [0.5, 0.6) is 0 Å². The molecule has 1 N–H and O–H groups in total. The van der Waals surface area contributed by atoms with Crippen LogP contribution >= 0.6 is 0 Å². The lowest BCUT2D eigenvalue weighted by Gasteiger charge is -2.10. The maximum atomic E-state index is 13.3. The van der Waals surface area contributed by atoms with Gasteiger partial charge in [0, 0.05) is 35.3 Å². The monoisotopic (exact) mass is 459 g/mol. The van der Waals surface area contributed by atoms with E-state index in [1.807, 2.05) is 51.7 Å². The molecule has 0 amide bonds. The first kappa shape index (κ1) is 23.6. The van der Waals surface area contributed by atoms with Gasteiger partial charge in [-0.2, -0.15) is 0 Å². The quantitative estimate of drug-likeness (QED) is 0.373. The van der Waals surface area contributed by atoms with Crippen LogP contribution in [-0.4, -0.2) is 34.7 Å². The summed E-state index contributed by atoms with van der Waals surface area (Å²) in [6.45, 7) is 9.88. The number of imidazole rings is 1. The van der Waals surface area contributed by atoms with Crippen molar-refractivity contribution in [2.45, 2.75) is 66.5 Å². The third kappa shape index (κ3) is 5.00. The number of hydrogen-bond acceptors (Lipinski definition) is 5. The topological polar surface area (TPSA) is 94.3 Å². The second-order valence-electron chi connectivity index (χ2n) is 9.17. The van der Waals surface area contributed by atoms with E-state index in [0.29, 0.717) is 18.3 Å². The largest absolute Gasteiger partial charge is 0.328 e. The van der Waals surface area contributed by atoms with E-state index in [1.54, 1.807) is 0 Å².